The maximum Gasteiger partial charge on any atom is 0.160 e. The van der Waals surface area contributed by atoms with Crippen LogP contribution in [0.3, 0.4) is 0 Å². The van der Waals surface area contributed by atoms with Crippen molar-refractivity contribution in [2.75, 3.05) is 19.0 Å². The van der Waals surface area contributed by atoms with E-state index < -0.39 is 0 Å². The van der Waals surface area contributed by atoms with E-state index >= 15 is 0 Å². The van der Waals surface area contributed by atoms with Crippen LogP contribution < -0.4 is 5.32 Å². The van der Waals surface area contributed by atoms with Crippen molar-refractivity contribution < 1.29 is 4.74 Å². The van der Waals surface area contributed by atoms with Gasteiger partial charge in [0.2, 0.25) is 0 Å². The molecule has 1 N–H and O–H groups in total. The molecule has 0 aromatic carbocycles. The van der Waals surface area contributed by atoms with Crippen LogP contribution in [-0.4, -0.2) is 23.6 Å². The van der Waals surface area contributed by atoms with E-state index in [1.807, 2.05) is 0 Å². The first-order valence-electron chi connectivity index (χ1n) is 7.22. The number of aromatic nitrogens is 2. The summed E-state index contributed by atoms with van der Waals surface area (Å²) in [4.78, 5) is 9.55. The van der Waals surface area contributed by atoms with E-state index in [0.29, 0.717) is 5.92 Å². The molecule has 20 heavy (non-hydrogen) atoms. The summed E-state index contributed by atoms with van der Waals surface area (Å²) in [7, 11) is 1.74. The summed E-state index contributed by atoms with van der Waals surface area (Å²) in [5.41, 5.74) is 1.17. The molecule has 1 aromatic heterocycles. The Balaban J connectivity index is 2.46. The summed E-state index contributed by atoms with van der Waals surface area (Å²) < 4.78 is 6.84. The summed E-state index contributed by atoms with van der Waals surface area (Å²) >= 11 is 2.36. The molecule has 0 amide bonds. The highest BCUT2D eigenvalue weighted by Crippen LogP contribution is 2.43. The SMILES string of the molecule is CCNc1nc(C(OC)C(C)(C)C)nc(C2CC2)c1I. The largest absolute Gasteiger partial charge is 0.373 e. The van der Waals surface area contributed by atoms with E-state index in [0.717, 1.165) is 18.2 Å². The number of hydrogen-bond acceptors (Lipinski definition) is 4. The molecule has 112 valence electrons. The number of nitrogens with zero attached hydrogens (tertiary/aromatic N) is 2. The maximum atomic E-state index is 5.67. The van der Waals surface area contributed by atoms with Crippen molar-refractivity contribution in [3.8, 4) is 0 Å². The van der Waals surface area contributed by atoms with E-state index in [1.54, 1.807) is 7.11 Å². The molecule has 1 aromatic rings. The van der Waals surface area contributed by atoms with E-state index in [-0.39, 0.29) is 11.5 Å². The van der Waals surface area contributed by atoms with Gasteiger partial charge in [-0.15, -0.1) is 0 Å². The lowest BCUT2D eigenvalue weighted by Gasteiger charge is -2.28. The smallest absolute Gasteiger partial charge is 0.160 e. The maximum absolute atomic E-state index is 5.67. The fourth-order valence-electron chi connectivity index (χ4n) is 2.36. The Hall–Kier alpha value is -0.430. The monoisotopic (exact) mass is 389 g/mol. The highest BCUT2D eigenvalue weighted by atomic mass is 127. The molecule has 1 aliphatic rings. The lowest BCUT2D eigenvalue weighted by Crippen LogP contribution is -2.24. The zero-order valence-corrected chi connectivity index (χ0v) is 15.1. The molecule has 0 spiro atoms. The fraction of sp³-hybridized carbons (Fsp3) is 0.733. The minimum Gasteiger partial charge on any atom is -0.373 e. The fourth-order valence-corrected chi connectivity index (χ4v) is 3.23. The Morgan fingerprint density at radius 3 is 2.45 bits per heavy atom. The molecule has 0 radical (unpaired) electrons. The van der Waals surface area contributed by atoms with Crippen LogP contribution >= 0.6 is 22.6 Å². The predicted molar refractivity (Wildman–Crippen MR) is 90.1 cm³/mol. The van der Waals surface area contributed by atoms with Crippen molar-refractivity contribution in [2.24, 2.45) is 5.41 Å². The molecule has 5 heteroatoms. The van der Waals surface area contributed by atoms with E-state index in [1.165, 1.54) is 22.1 Å². The lowest BCUT2D eigenvalue weighted by atomic mass is 9.88. The van der Waals surface area contributed by atoms with Gasteiger partial charge in [0.1, 0.15) is 11.9 Å². The van der Waals surface area contributed by atoms with Gasteiger partial charge in [0.15, 0.2) is 5.82 Å². The van der Waals surface area contributed by atoms with Crippen LogP contribution in [0.5, 0.6) is 0 Å². The summed E-state index contributed by atoms with van der Waals surface area (Å²) in [5, 5.41) is 3.36. The van der Waals surface area contributed by atoms with Crippen LogP contribution in [0.4, 0.5) is 5.82 Å². The molecular formula is C15H24IN3O. The molecule has 1 fully saturated rings. The Kier molecular flexibility index (Phi) is 4.89. The first kappa shape index (κ1) is 15.9. The normalized spacial score (nSPS) is 17.1. The summed E-state index contributed by atoms with van der Waals surface area (Å²) in [6, 6.07) is 0. The average Bonchev–Trinajstić information content (AvgIpc) is 3.16. The van der Waals surface area contributed by atoms with Crippen molar-refractivity contribution >= 4 is 28.4 Å². The highest BCUT2D eigenvalue weighted by Gasteiger charge is 2.33. The number of rotatable bonds is 5. The molecule has 0 saturated heterocycles. The second-order valence-electron chi connectivity index (χ2n) is 6.42. The average molecular weight is 389 g/mol. The Morgan fingerprint density at radius 1 is 1.35 bits per heavy atom. The highest BCUT2D eigenvalue weighted by molar-refractivity contribution is 14.1. The third-order valence-electron chi connectivity index (χ3n) is 3.46. The number of hydrogen-bond donors (Lipinski definition) is 1. The summed E-state index contributed by atoms with van der Waals surface area (Å²) in [6.45, 7) is 9.43. The minimum atomic E-state index is -0.0885. The van der Waals surface area contributed by atoms with Crippen LogP contribution in [0.2, 0.25) is 0 Å². The van der Waals surface area contributed by atoms with Gasteiger partial charge in [0, 0.05) is 19.6 Å². The molecule has 0 bridgehead atoms. The van der Waals surface area contributed by atoms with Gasteiger partial charge in [-0.05, 0) is 47.8 Å². The first-order chi connectivity index (χ1) is 9.38. The van der Waals surface area contributed by atoms with Crippen LogP contribution in [0.15, 0.2) is 0 Å². The Labute approximate surface area is 135 Å². The predicted octanol–water partition coefficient (Wildman–Crippen LogP) is 4.12. The summed E-state index contributed by atoms with van der Waals surface area (Å²) in [5.74, 6) is 2.36. The molecule has 1 aliphatic carbocycles. The number of halogens is 1. The zero-order valence-electron chi connectivity index (χ0n) is 13.0. The Morgan fingerprint density at radius 2 is 2.00 bits per heavy atom. The lowest BCUT2D eigenvalue weighted by molar-refractivity contribution is 0.00858. The molecule has 1 atom stereocenters. The van der Waals surface area contributed by atoms with Gasteiger partial charge in [-0.1, -0.05) is 20.8 Å². The van der Waals surface area contributed by atoms with Crippen LogP contribution in [-0.2, 0) is 4.74 Å². The van der Waals surface area contributed by atoms with E-state index in [4.69, 9.17) is 14.7 Å². The van der Waals surface area contributed by atoms with E-state index in [9.17, 15) is 0 Å². The molecule has 4 nitrogen and oxygen atoms in total. The second-order valence-corrected chi connectivity index (χ2v) is 7.49. The number of anilines is 1. The topological polar surface area (TPSA) is 47.0 Å². The standard InChI is InChI=1S/C15H24IN3O/c1-6-17-13-10(16)11(9-7-8-9)18-14(19-13)12(20-5)15(2,3)4/h9,12H,6-8H2,1-5H3,(H,17,18,19). The molecule has 1 heterocycles. The van der Waals surface area contributed by atoms with Gasteiger partial charge in [0.25, 0.3) is 0 Å². The second kappa shape index (κ2) is 6.13. The van der Waals surface area contributed by atoms with Crippen molar-refractivity contribution in [1.82, 2.24) is 9.97 Å². The van der Waals surface area contributed by atoms with Gasteiger partial charge in [0.05, 0.1) is 9.26 Å². The molecule has 1 saturated carbocycles. The van der Waals surface area contributed by atoms with Crippen LogP contribution in [0.25, 0.3) is 0 Å². The van der Waals surface area contributed by atoms with Gasteiger partial charge in [-0.25, -0.2) is 9.97 Å². The van der Waals surface area contributed by atoms with Crippen molar-refractivity contribution in [3.05, 3.63) is 15.1 Å². The molecule has 2 rings (SSSR count). The summed E-state index contributed by atoms with van der Waals surface area (Å²) in [6.07, 6.45) is 2.39. The molecular weight excluding hydrogens is 365 g/mol. The van der Waals surface area contributed by atoms with Gasteiger partial charge < -0.3 is 10.1 Å². The van der Waals surface area contributed by atoms with Crippen LogP contribution in [0.1, 0.15) is 64.1 Å². The third kappa shape index (κ3) is 3.42. The van der Waals surface area contributed by atoms with Crippen molar-refractivity contribution in [1.29, 1.82) is 0 Å². The van der Waals surface area contributed by atoms with E-state index in [2.05, 4.69) is 55.6 Å². The molecule has 1 unspecified atom stereocenters. The third-order valence-corrected chi connectivity index (χ3v) is 4.52. The van der Waals surface area contributed by atoms with Crippen LogP contribution in [0, 0.1) is 8.99 Å². The number of ether oxygens (including phenoxy) is 1. The quantitative estimate of drug-likeness (QED) is 0.770. The van der Waals surface area contributed by atoms with Gasteiger partial charge in [-0.3, -0.25) is 0 Å². The zero-order chi connectivity index (χ0) is 14.9. The number of methoxy groups -OCH3 is 1. The van der Waals surface area contributed by atoms with Gasteiger partial charge in [-0.2, -0.15) is 0 Å². The van der Waals surface area contributed by atoms with Crippen molar-refractivity contribution in [3.63, 3.8) is 0 Å². The molecule has 0 aliphatic heterocycles. The van der Waals surface area contributed by atoms with Gasteiger partial charge >= 0.3 is 0 Å². The van der Waals surface area contributed by atoms with Crippen molar-refractivity contribution in [2.45, 2.75) is 52.6 Å². The number of nitrogens with one attached hydrogen (secondary N) is 1. The first-order valence-corrected chi connectivity index (χ1v) is 8.30. The Bertz CT molecular complexity index is 481. The minimum absolute atomic E-state index is 0.0220.